The van der Waals surface area contributed by atoms with Gasteiger partial charge in [-0.05, 0) is 24.7 Å². The molecule has 2 unspecified atom stereocenters. The molecular formula is C17H25NO3. The molecule has 3 aliphatic rings. The maximum Gasteiger partial charge on any atom is 0.284 e. The number of nitriles is 1. The third-order valence-corrected chi connectivity index (χ3v) is 4.35. The van der Waals surface area contributed by atoms with Crippen molar-refractivity contribution in [2.45, 2.75) is 58.5 Å². The van der Waals surface area contributed by atoms with Crippen molar-refractivity contribution in [2.24, 2.45) is 17.3 Å². The molecule has 0 aromatic carbocycles. The second-order valence-corrected chi connectivity index (χ2v) is 6.90. The molecule has 116 valence electrons. The molecule has 21 heavy (non-hydrogen) atoms. The molecule has 0 radical (unpaired) electrons. The quantitative estimate of drug-likeness (QED) is 0.706. The van der Waals surface area contributed by atoms with E-state index >= 15 is 0 Å². The first-order valence-corrected chi connectivity index (χ1v) is 7.74. The Kier molecular flexibility index (Phi) is 4.94. The lowest BCUT2D eigenvalue weighted by molar-refractivity contribution is -0.484. The maximum atomic E-state index is 9.45. The molecule has 0 spiro atoms. The van der Waals surface area contributed by atoms with Crippen LogP contribution >= 0.6 is 0 Å². The molecule has 3 heterocycles. The van der Waals surface area contributed by atoms with Crippen molar-refractivity contribution in [1.82, 2.24) is 0 Å². The van der Waals surface area contributed by atoms with Gasteiger partial charge in [-0.25, -0.2) is 0 Å². The lowest BCUT2D eigenvalue weighted by Crippen LogP contribution is -2.64. The summed E-state index contributed by atoms with van der Waals surface area (Å²) in [4.78, 5) is 0. The van der Waals surface area contributed by atoms with Gasteiger partial charge in [-0.15, -0.1) is 12.3 Å². The zero-order valence-electron chi connectivity index (χ0n) is 13.2. The van der Waals surface area contributed by atoms with Gasteiger partial charge < -0.3 is 14.2 Å². The van der Waals surface area contributed by atoms with Gasteiger partial charge in [0.25, 0.3) is 5.97 Å². The van der Waals surface area contributed by atoms with Gasteiger partial charge in [0.15, 0.2) is 6.10 Å². The van der Waals surface area contributed by atoms with Gasteiger partial charge in [0.1, 0.15) is 0 Å². The van der Waals surface area contributed by atoms with Gasteiger partial charge in [0, 0.05) is 12.8 Å². The van der Waals surface area contributed by atoms with E-state index in [1.165, 1.54) is 0 Å². The van der Waals surface area contributed by atoms with E-state index in [-0.39, 0.29) is 5.41 Å². The Hall–Kier alpha value is -1.07. The van der Waals surface area contributed by atoms with Crippen LogP contribution < -0.4 is 0 Å². The summed E-state index contributed by atoms with van der Waals surface area (Å²) in [5, 5.41) is 9.45. The molecule has 3 aliphatic heterocycles. The third kappa shape index (κ3) is 3.40. The molecule has 4 nitrogen and oxygen atoms in total. The van der Waals surface area contributed by atoms with Gasteiger partial charge in [-0.1, -0.05) is 20.8 Å². The first-order valence-electron chi connectivity index (χ1n) is 7.74. The van der Waals surface area contributed by atoms with Crippen molar-refractivity contribution < 1.29 is 14.2 Å². The summed E-state index contributed by atoms with van der Waals surface area (Å²) in [5.41, 5.74) is -0.324. The topological polar surface area (TPSA) is 51.5 Å². The van der Waals surface area contributed by atoms with Gasteiger partial charge in [0.2, 0.25) is 0 Å². The minimum absolute atomic E-state index is 0.324. The SMILES string of the molecule is C#CCC(C)CCC12OCC(CC(C)C)(CO1)C(C#N)O2. The molecular weight excluding hydrogens is 266 g/mol. The summed E-state index contributed by atoms with van der Waals surface area (Å²) < 4.78 is 17.7. The van der Waals surface area contributed by atoms with E-state index in [1.54, 1.807) is 0 Å². The van der Waals surface area contributed by atoms with Crippen molar-refractivity contribution in [3.8, 4) is 18.4 Å². The van der Waals surface area contributed by atoms with Crippen molar-refractivity contribution in [3.63, 3.8) is 0 Å². The summed E-state index contributed by atoms with van der Waals surface area (Å²) in [6.07, 6.45) is 7.96. The van der Waals surface area contributed by atoms with Crippen molar-refractivity contribution >= 4 is 0 Å². The number of ether oxygens (including phenoxy) is 3. The lowest BCUT2D eigenvalue weighted by Gasteiger charge is -2.54. The highest BCUT2D eigenvalue weighted by Crippen LogP contribution is 2.48. The lowest BCUT2D eigenvalue weighted by atomic mass is 9.75. The Morgan fingerprint density at radius 1 is 1.29 bits per heavy atom. The van der Waals surface area contributed by atoms with Gasteiger partial charge >= 0.3 is 0 Å². The normalized spacial score (nSPS) is 36.2. The van der Waals surface area contributed by atoms with Crippen molar-refractivity contribution in [3.05, 3.63) is 0 Å². The number of hydrogen-bond acceptors (Lipinski definition) is 4. The van der Waals surface area contributed by atoms with E-state index in [4.69, 9.17) is 20.6 Å². The highest BCUT2D eigenvalue weighted by molar-refractivity contribution is 5.06. The van der Waals surface area contributed by atoms with Crippen LogP contribution in [0.25, 0.3) is 0 Å². The van der Waals surface area contributed by atoms with Crippen LogP contribution in [0.15, 0.2) is 0 Å². The number of terminal acetylenes is 1. The Morgan fingerprint density at radius 3 is 2.48 bits per heavy atom. The van der Waals surface area contributed by atoms with Crippen LogP contribution in [-0.2, 0) is 14.2 Å². The molecule has 3 rings (SSSR count). The van der Waals surface area contributed by atoms with Crippen LogP contribution in [0.5, 0.6) is 0 Å². The zero-order valence-corrected chi connectivity index (χ0v) is 13.2. The van der Waals surface area contributed by atoms with Crippen molar-refractivity contribution in [2.75, 3.05) is 13.2 Å². The van der Waals surface area contributed by atoms with Crippen LogP contribution in [0.4, 0.5) is 0 Å². The Balaban J connectivity index is 2.02. The molecule has 0 N–H and O–H groups in total. The zero-order chi connectivity index (χ0) is 15.5. The largest absolute Gasteiger partial charge is 0.327 e. The highest BCUT2D eigenvalue weighted by atomic mass is 16.9. The first-order chi connectivity index (χ1) is 9.95. The molecule has 3 fully saturated rings. The second-order valence-electron chi connectivity index (χ2n) is 6.90. The fraction of sp³-hybridized carbons (Fsp3) is 0.824. The molecule has 0 amide bonds. The van der Waals surface area contributed by atoms with Crippen LogP contribution in [0.1, 0.15) is 46.5 Å². The average molecular weight is 291 g/mol. The van der Waals surface area contributed by atoms with Crippen LogP contribution in [0.3, 0.4) is 0 Å². The van der Waals surface area contributed by atoms with Gasteiger partial charge in [-0.2, -0.15) is 5.26 Å². The summed E-state index contributed by atoms with van der Waals surface area (Å²) in [7, 11) is 0. The standard InChI is InChI=1S/C17H25NO3/c1-5-6-14(4)7-8-17-19-11-16(12-20-17,9-13(2)3)15(10-18)21-17/h1,13-15H,6-9,11-12H2,2-4H3. The number of rotatable bonds is 6. The molecule has 4 heteroatoms. The number of fused-ring (bicyclic) bond motifs is 3. The molecule has 3 saturated heterocycles. The molecule has 0 saturated carbocycles. The minimum atomic E-state index is -1.04. The Labute approximate surface area is 127 Å². The molecule has 0 aliphatic carbocycles. The van der Waals surface area contributed by atoms with Gasteiger partial charge in [0.05, 0.1) is 24.7 Å². The van der Waals surface area contributed by atoms with Crippen LogP contribution in [0.2, 0.25) is 0 Å². The first kappa shape index (κ1) is 16.3. The van der Waals surface area contributed by atoms with Crippen molar-refractivity contribution in [1.29, 1.82) is 5.26 Å². The summed E-state index contributed by atoms with van der Waals surface area (Å²) in [5.74, 6) is 2.49. The summed E-state index contributed by atoms with van der Waals surface area (Å²) >= 11 is 0. The predicted octanol–water partition coefficient (Wildman–Crippen LogP) is 3.08. The van der Waals surface area contributed by atoms with Crippen LogP contribution in [0, 0.1) is 40.9 Å². The second kappa shape index (κ2) is 6.36. The third-order valence-electron chi connectivity index (χ3n) is 4.35. The smallest absolute Gasteiger partial charge is 0.284 e. The number of hydrogen-bond donors (Lipinski definition) is 0. The molecule has 0 aromatic rings. The van der Waals surface area contributed by atoms with E-state index < -0.39 is 12.1 Å². The predicted molar refractivity (Wildman–Crippen MR) is 78.9 cm³/mol. The Morgan fingerprint density at radius 2 is 1.95 bits per heavy atom. The minimum Gasteiger partial charge on any atom is -0.327 e. The molecule has 2 bridgehead atoms. The molecule has 2 atom stereocenters. The van der Waals surface area contributed by atoms with E-state index in [2.05, 4.69) is 32.8 Å². The summed E-state index contributed by atoms with van der Waals surface area (Å²) in [6, 6.07) is 2.30. The molecule has 0 aromatic heterocycles. The fourth-order valence-electron chi connectivity index (χ4n) is 3.25. The Bertz CT molecular complexity index is 438. The van der Waals surface area contributed by atoms with Crippen LogP contribution in [-0.4, -0.2) is 25.3 Å². The average Bonchev–Trinajstić information content (AvgIpc) is 2.46. The van der Waals surface area contributed by atoms with E-state index in [9.17, 15) is 5.26 Å². The fourth-order valence-corrected chi connectivity index (χ4v) is 3.25. The van der Waals surface area contributed by atoms with E-state index in [0.29, 0.717) is 31.5 Å². The summed E-state index contributed by atoms with van der Waals surface area (Å²) in [6.45, 7) is 7.45. The van der Waals surface area contributed by atoms with Gasteiger partial charge in [-0.3, -0.25) is 0 Å². The van der Waals surface area contributed by atoms with E-state index in [0.717, 1.165) is 19.3 Å². The highest BCUT2D eigenvalue weighted by Gasteiger charge is 2.58. The van der Waals surface area contributed by atoms with E-state index in [1.807, 2.05) is 0 Å². The monoisotopic (exact) mass is 291 g/mol. The maximum absolute atomic E-state index is 9.45. The number of nitrogens with zero attached hydrogens (tertiary/aromatic N) is 1.